The molecular formula is C10H6BrFN2O2. The molecule has 1 heterocycles. The molecule has 16 heavy (non-hydrogen) atoms. The molecule has 1 aromatic heterocycles. The number of nitrogens with one attached hydrogen (secondary N) is 1. The normalized spacial score (nSPS) is 10.4. The minimum Gasteiger partial charge on any atom is -0.477 e. The fourth-order valence-corrected chi connectivity index (χ4v) is 1.72. The van der Waals surface area contributed by atoms with E-state index >= 15 is 0 Å². The third-order valence-electron chi connectivity index (χ3n) is 1.99. The Morgan fingerprint density at radius 1 is 1.50 bits per heavy atom. The second-order valence-electron chi connectivity index (χ2n) is 3.07. The van der Waals surface area contributed by atoms with Gasteiger partial charge in [-0.15, -0.1) is 0 Å². The molecule has 0 saturated carbocycles. The number of nitrogens with zero attached hydrogens (tertiary/aromatic N) is 1. The Balaban J connectivity index is 2.59. The van der Waals surface area contributed by atoms with Crippen molar-refractivity contribution in [3.8, 4) is 11.3 Å². The number of halogens is 2. The maximum atomic E-state index is 13.0. The SMILES string of the molecule is O=C(O)c1[nH]c(Br)nc1-c1cccc(F)c1. The Kier molecular flexibility index (Phi) is 2.74. The van der Waals surface area contributed by atoms with E-state index in [2.05, 4.69) is 25.9 Å². The van der Waals surface area contributed by atoms with Crippen LogP contribution in [0.15, 0.2) is 29.0 Å². The highest BCUT2D eigenvalue weighted by atomic mass is 79.9. The van der Waals surface area contributed by atoms with Crippen LogP contribution in [0.5, 0.6) is 0 Å². The molecule has 0 aliphatic heterocycles. The standard InChI is InChI=1S/C10H6BrFN2O2/c11-10-13-7(8(14-10)9(15)16)5-2-1-3-6(12)4-5/h1-4H,(H,13,14)(H,15,16). The van der Waals surface area contributed by atoms with Crippen LogP contribution >= 0.6 is 15.9 Å². The summed E-state index contributed by atoms with van der Waals surface area (Å²) >= 11 is 3.04. The Morgan fingerprint density at radius 2 is 2.25 bits per heavy atom. The van der Waals surface area contributed by atoms with Crippen molar-refractivity contribution in [2.45, 2.75) is 0 Å². The smallest absolute Gasteiger partial charge is 0.354 e. The van der Waals surface area contributed by atoms with Gasteiger partial charge in [-0.25, -0.2) is 14.2 Å². The number of benzene rings is 1. The second kappa shape index (κ2) is 4.05. The maximum Gasteiger partial charge on any atom is 0.354 e. The number of hydrogen-bond acceptors (Lipinski definition) is 2. The summed E-state index contributed by atoms with van der Waals surface area (Å²) in [5, 5.41) is 8.92. The van der Waals surface area contributed by atoms with Crippen molar-refractivity contribution in [2.24, 2.45) is 0 Å². The van der Waals surface area contributed by atoms with Gasteiger partial charge in [0.2, 0.25) is 0 Å². The minimum absolute atomic E-state index is 0.0718. The average Bonchev–Trinajstić information content (AvgIpc) is 2.60. The molecule has 4 nitrogen and oxygen atoms in total. The molecule has 2 N–H and O–H groups in total. The van der Waals surface area contributed by atoms with Gasteiger partial charge in [-0.2, -0.15) is 0 Å². The van der Waals surface area contributed by atoms with Gasteiger partial charge in [-0.05, 0) is 28.1 Å². The van der Waals surface area contributed by atoms with Gasteiger partial charge in [0.25, 0.3) is 0 Å². The molecule has 0 radical (unpaired) electrons. The van der Waals surface area contributed by atoms with E-state index in [0.29, 0.717) is 10.3 Å². The van der Waals surface area contributed by atoms with Crippen molar-refractivity contribution < 1.29 is 14.3 Å². The van der Waals surface area contributed by atoms with Gasteiger partial charge in [-0.1, -0.05) is 12.1 Å². The molecule has 0 aliphatic rings. The highest BCUT2D eigenvalue weighted by Crippen LogP contribution is 2.24. The summed E-state index contributed by atoms with van der Waals surface area (Å²) in [6.45, 7) is 0. The maximum absolute atomic E-state index is 13.0. The molecule has 0 unspecified atom stereocenters. The predicted molar refractivity (Wildman–Crippen MR) is 58.6 cm³/mol. The fraction of sp³-hybridized carbons (Fsp3) is 0. The van der Waals surface area contributed by atoms with Gasteiger partial charge in [0.05, 0.1) is 0 Å². The topological polar surface area (TPSA) is 66.0 Å². The summed E-state index contributed by atoms with van der Waals surface area (Å²) in [6.07, 6.45) is 0. The quantitative estimate of drug-likeness (QED) is 0.891. The van der Waals surface area contributed by atoms with E-state index in [9.17, 15) is 9.18 Å². The van der Waals surface area contributed by atoms with E-state index in [4.69, 9.17) is 5.11 Å². The van der Waals surface area contributed by atoms with Crippen LogP contribution in [0.2, 0.25) is 0 Å². The largest absolute Gasteiger partial charge is 0.477 e. The Labute approximate surface area is 98.3 Å². The van der Waals surface area contributed by atoms with E-state index in [1.807, 2.05) is 0 Å². The Hall–Kier alpha value is -1.69. The molecule has 0 bridgehead atoms. The van der Waals surface area contributed by atoms with E-state index in [0.717, 1.165) is 0 Å². The number of rotatable bonds is 2. The van der Waals surface area contributed by atoms with Crippen molar-refractivity contribution in [3.05, 3.63) is 40.5 Å². The molecule has 0 saturated heterocycles. The summed E-state index contributed by atoms with van der Waals surface area (Å²) in [5.41, 5.74) is 0.552. The molecular weight excluding hydrogens is 279 g/mol. The minimum atomic E-state index is -1.14. The molecule has 0 spiro atoms. The lowest BCUT2D eigenvalue weighted by Gasteiger charge is -1.98. The van der Waals surface area contributed by atoms with Crippen LogP contribution in [0.4, 0.5) is 4.39 Å². The number of hydrogen-bond donors (Lipinski definition) is 2. The second-order valence-corrected chi connectivity index (χ2v) is 3.82. The zero-order valence-electron chi connectivity index (χ0n) is 7.87. The van der Waals surface area contributed by atoms with Crippen LogP contribution < -0.4 is 0 Å². The van der Waals surface area contributed by atoms with Crippen molar-refractivity contribution >= 4 is 21.9 Å². The first-order valence-electron chi connectivity index (χ1n) is 4.32. The molecule has 0 aliphatic carbocycles. The van der Waals surface area contributed by atoms with E-state index in [1.165, 1.54) is 18.2 Å². The number of H-pyrrole nitrogens is 1. The third kappa shape index (κ3) is 1.96. The summed E-state index contributed by atoms with van der Waals surface area (Å²) in [4.78, 5) is 17.4. The van der Waals surface area contributed by atoms with Crippen molar-refractivity contribution in [3.63, 3.8) is 0 Å². The van der Waals surface area contributed by atoms with Crippen molar-refractivity contribution in [2.75, 3.05) is 0 Å². The number of aromatic nitrogens is 2. The Morgan fingerprint density at radius 3 is 2.88 bits per heavy atom. The van der Waals surface area contributed by atoms with Crippen LogP contribution in [0.25, 0.3) is 11.3 Å². The molecule has 2 rings (SSSR count). The molecule has 0 amide bonds. The Bertz CT molecular complexity index is 554. The summed E-state index contributed by atoms with van der Waals surface area (Å²) in [5.74, 6) is -1.58. The number of aromatic carboxylic acids is 1. The van der Waals surface area contributed by atoms with E-state index in [1.54, 1.807) is 6.07 Å². The first kappa shape index (κ1) is 10.8. The van der Waals surface area contributed by atoms with Crippen LogP contribution in [-0.4, -0.2) is 21.0 Å². The molecule has 6 heteroatoms. The van der Waals surface area contributed by atoms with Gasteiger partial charge in [0.15, 0.2) is 10.4 Å². The van der Waals surface area contributed by atoms with E-state index in [-0.39, 0.29) is 11.4 Å². The highest BCUT2D eigenvalue weighted by Gasteiger charge is 2.17. The lowest BCUT2D eigenvalue weighted by Crippen LogP contribution is -1.99. The lowest BCUT2D eigenvalue weighted by atomic mass is 10.1. The van der Waals surface area contributed by atoms with Gasteiger partial charge < -0.3 is 10.1 Å². The molecule has 2 aromatic rings. The van der Waals surface area contributed by atoms with E-state index < -0.39 is 11.8 Å². The lowest BCUT2D eigenvalue weighted by molar-refractivity contribution is 0.0692. The number of imidazole rings is 1. The van der Waals surface area contributed by atoms with Gasteiger partial charge >= 0.3 is 5.97 Å². The summed E-state index contributed by atoms with van der Waals surface area (Å²) in [6, 6.07) is 5.61. The zero-order valence-corrected chi connectivity index (χ0v) is 9.45. The molecule has 1 aromatic carbocycles. The molecule has 0 fully saturated rings. The average molecular weight is 285 g/mol. The fourth-order valence-electron chi connectivity index (χ4n) is 1.34. The van der Waals surface area contributed by atoms with Crippen molar-refractivity contribution in [1.29, 1.82) is 0 Å². The van der Waals surface area contributed by atoms with Gasteiger partial charge in [0.1, 0.15) is 11.5 Å². The number of carbonyl (C=O) groups is 1. The first-order chi connectivity index (χ1) is 7.58. The molecule has 82 valence electrons. The van der Waals surface area contributed by atoms with Gasteiger partial charge in [0, 0.05) is 5.56 Å². The monoisotopic (exact) mass is 284 g/mol. The number of carboxylic acids is 1. The third-order valence-corrected chi connectivity index (χ3v) is 2.36. The molecule has 0 atom stereocenters. The summed E-state index contributed by atoms with van der Waals surface area (Å²) < 4.78 is 13.3. The zero-order chi connectivity index (χ0) is 11.7. The predicted octanol–water partition coefficient (Wildman–Crippen LogP) is 2.68. The highest BCUT2D eigenvalue weighted by molar-refractivity contribution is 9.10. The van der Waals surface area contributed by atoms with Gasteiger partial charge in [-0.3, -0.25) is 0 Å². The number of aromatic amines is 1. The van der Waals surface area contributed by atoms with Crippen LogP contribution in [-0.2, 0) is 0 Å². The van der Waals surface area contributed by atoms with Crippen LogP contribution in [0.1, 0.15) is 10.5 Å². The van der Waals surface area contributed by atoms with Crippen LogP contribution in [0.3, 0.4) is 0 Å². The number of carboxylic acid groups (broad SMARTS) is 1. The summed E-state index contributed by atoms with van der Waals surface area (Å²) in [7, 11) is 0. The van der Waals surface area contributed by atoms with Crippen molar-refractivity contribution in [1.82, 2.24) is 9.97 Å². The van der Waals surface area contributed by atoms with Crippen LogP contribution in [0, 0.1) is 5.82 Å². The first-order valence-corrected chi connectivity index (χ1v) is 5.12.